The van der Waals surface area contributed by atoms with Gasteiger partial charge < -0.3 is 15.4 Å². The number of hydrogen-bond donors (Lipinski definition) is 2. The van der Waals surface area contributed by atoms with Crippen molar-refractivity contribution in [1.29, 1.82) is 0 Å². The molecule has 0 spiro atoms. The number of hydrogen-bond acceptors (Lipinski definition) is 8. The third-order valence-electron chi connectivity index (χ3n) is 6.46. The molecule has 3 heterocycles. The first-order chi connectivity index (χ1) is 22.6. The van der Waals surface area contributed by atoms with Crippen LogP contribution in [0.3, 0.4) is 0 Å². The first-order valence-corrected chi connectivity index (χ1v) is 13.8. The molecule has 0 atom stereocenters. The number of amides is 2. The molecule has 0 saturated heterocycles. The van der Waals surface area contributed by atoms with Gasteiger partial charge in [0.25, 0.3) is 17.6 Å². The van der Waals surface area contributed by atoms with E-state index in [2.05, 4.69) is 40.9 Å². The van der Waals surface area contributed by atoms with E-state index in [4.69, 9.17) is 11.6 Å². The second-order valence-electron chi connectivity index (χ2n) is 9.77. The van der Waals surface area contributed by atoms with Gasteiger partial charge in [-0.1, -0.05) is 29.8 Å². The number of tetrazole rings is 1. The minimum Gasteiger partial charge on any atom is -0.405 e. The minimum atomic E-state index is -4.99. The minimum absolute atomic E-state index is 0.0243. The molecule has 0 aliphatic carbocycles. The summed E-state index contributed by atoms with van der Waals surface area (Å²) in [4.78, 5) is 31.6. The Morgan fingerprint density at radius 2 is 1.73 bits per heavy atom. The summed E-state index contributed by atoms with van der Waals surface area (Å²) >= 11 is 6.27. The van der Waals surface area contributed by atoms with Gasteiger partial charge in [0.05, 0.1) is 22.0 Å². The van der Waals surface area contributed by atoms with Crippen LogP contribution in [0.25, 0.3) is 5.82 Å². The van der Waals surface area contributed by atoms with Crippen LogP contribution in [0.4, 0.5) is 36.4 Å². The molecule has 0 aliphatic rings. The van der Waals surface area contributed by atoms with Crippen LogP contribution in [0, 0.1) is 12.7 Å². The number of alkyl halides is 6. The average Bonchev–Trinajstić information content (AvgIpc) is 3.66. The number of nitrogens with zero attached hydrogens (tertiary/aromatic N) is 7. The highest BCUT2D eigenvalue weighted by Gasteiger charge is 2.37. The SMILES string of the molecule is Cc1c(F)ccc(C(=O)NCc2ccccc2OC(F)(F)F)c1NC(=O)c1cc(Cn2nnc(C(F)(F)F)n2)nn1-c1ncccc1Cl. The molecular weight excluding hydrogens is 679 g/mol. The van der Waals surface area contributed by atoms with Gasteiger partial charge in [-0.25, -0.2) is 14.1 Å². The van der Waals surface area contributed by atoms with Crippen molar-refractivity contribution in [3.63, 3.8) is 0 Å². The first-order valence-electron chi connectivity index (χ1n) is 13.4. The quantitative estimate of drug-likeness (QED) is 0.192. The van der Waals surface area contributed by atoms with Crippen LogP contribution >= 0.6 is 11.6 Å². The maximum Gasteiger partial charge on any atom is 0.573 e. The molecule has 0 aliphatic heterocycles. The summed E-state index contributed by atoms with van der Waals surface area (Å²) in [6, 6.07) is 11.2. The number of ether oxygens (including phenoxy) is 1. The molecule has 2 N–H and O–H groups in total. The van der Waals surface area contributed by atoms with Crippen molar-refractivity contribution in [1.82, 2.24) is 40.3 Å². The highest BCUT2D eigenvalue weighted by Crippen LogP contribution is 2.29. The number of benzene rings is 2. The molecular formula is C28H19ClF7N9O3. The van der Waals surface area contributed by atoms with Gasteiger partial charge in [-0.2, -0.15) is 23.1 Å². The lowest BCUT2D eigenvalue weighted by Crippen LogP contribution is -2.27. The largest absolute Gasteiger partial charge is 0.573 e. The number of halogens is 8. The number of nitrogens with one attached hydrogen (secondary N) is 2. The van der Waals surface area contributed by atoms with Crippen molar-refractivity contribution in [3.05, 3.63) is 106 Å². The maximum atomic E-state index is 14.7. The number of rotatable bonds is 9. The predicted octanol–water partition coefficient (Wildman–Crippen LogP) is 5.50. The summed E-state index contributed by atoms with van der Waals surface area (Å²) in [5, 5.41) is 18.7. The molecule has 0 unspecified atom stereocenters. The van der Waals surface area contributed by atoms with Crippen molar-refractivity contribution < 1.29 is 45.1 Å². The smallest absolute Gasteiger partial charge is 0.405 e. The molecule has 0 fully saturated rings. The molecule has 12 nitrogen and oxygen atoms in total. The molecule has 5 aromatic rings. The van der Waals surface area contributed by atoms with E-state index in [9.17, 15) is 40.3 Å². The van der Waals surface area contributed by atoms with Crippen LogP contribution in [0.15, 0.2) is 60.8 Å². The van der Waals surface area contributed by atoms with Crippen LogP contribution in [-0.4, -0.2) is 53.1 Å². The van der Waals surface area contributed by atoms with Gasteiger partial charge in [-0.3, -0.25) is 9.59 Å². The van der Waals surface area contributed by atoms with Crippen molar-refractivity contribution in [2.75, 3.05) is 5.32 Å². The normalized spacial score (nSPS) is 11.8. The van der Waals surface area contributed by atoms with Gasteiger partial charge in [-0.15, -0.1) is 23.4 Å². The van der Waals surface area contributed by atoms with Crippen LogP contribution in [-0.2, 0) is 19.3 Å². The van der Waals surface area contributed by atoms with Gasteiger partial charge >= 0.3 is 12.5 Å². The highest BCUT2D eigenvalue weighted by atomic mass is 35.5. The summed E-state index contributed by atoms with van der Waals surface area (Å²) in [5.74, 6) is -4.81. The van der Waals surface area contributed by atoms with E-state index in [1.54, 1.807) is 0 Å². The Morgan fingerprint density at radius 1 is 0.979 bits per heavy atom. The summed E-state index contributed by atoms with van der Waals surface area (Å²) in [5.41, 5.74) is -1.10. The zero-order valence-corrected chi connectivity index (χ0v) is 24.8. The summed E-state index contributed by atoms with van der Waals surface area (Å²) in [6.07, 6.45) is -8.53. The van der Waals surface area contributed by atoms with Crippen molar-refractivity contribution in [2.45, 2.75) is 32.6 Å². The van der Waals surface area contributed by atoms with E-state index in [1.807, 2.05) is 0 Å². The summed E-state index contributed by atoms with van der Waals surface area (Å²) < 4.78 is 97.1. The molecule has 20 heteroatoms. The molecule has 5 rings (SSSR count). The van der Waals surface area contributed by atoms with Gasteiger partial charge in [0, 0.05) is 23.9 Å². The lowest BCUT2D eigenvalue weighted by atomic mass is 10.1. The molecule has 2 aromatic carbocycles. The number of carbonyl (C=O) groups is 2. The third kappa shape index (κ3) is 7.68. The average molecular weight is 698 g/mol. The van der Waals surface area contributed by atoms with Crippen molar-refractivity contribution in [2.24, 2.45) is 0 Å². The second-order valence-corrected chi connectivity index (χ2v) is 10.2. The Labute approximate surface area is 269 Å². The van der Waals surface area contributed by atoms with Gasteiger partial charge in [-0.05, 0) is 48.5 Å². The summed E-state index contributed by atoms with van der Waals surface area (Å²) in [7, 11) is 0. The predicted molar refractivity (Wildman–Crippen MR) is 152 cm³/mol. The Kier molecular flexibility index (Phi) is 9.33. The zero-order chi connectivity index (χ0) is 34.8. The molecule has 250 valence electrons. The fraction of sp³-hybridized carbons (Fsp3) is 0.179. The molecule has 3 aromatic heterocycles. The van der Waals surface area contributed by atoms with Crippen LogP contribution in [0.5, 0.6) is 5.75 Å². The Bertz CT molecular complexity index is 1990. The molecule has 0 radical (unpaired) electrons. The first kappa shape index (κ1) is 33.8. The number of anilines is 1. The molecule has 48 heavy (non-hydrogen) atoms. The highest BCUT2D eigenvalue weighted by molar-refractivity contribution is 6.32. The van der Waals surface area contributed by atoms with Gasteiger partial charge in [0.1, 0.15) is 23.8 Å². The molecule has 0 bridgehead atoms. The maximum absolute atomic E-state index is 14.7. The second kappa shape index (κ2) is 13.3. The lowest BCUT2D eigenvalue weighted by Gasteiger charge is -2.16. The Balaban J connectivity index is 1.45. The van der Waals surface area contributed by atoms with E-state index in [0.717, 1.165) is 28.9 Å². The number of para-hydroxylation sites is 1. The third-order valence-corrected chi connectivity index (χ3v) is 6.76. The topological polar surface area (TPSA) is 142 Å². The van der Waals surface area contributed by atoms with Crippen LogP contribution in [0.2, 0.25) is 5.02 Å². The number of aromatic nitrogens is 7. The monoisotopic (exact) mass is 697 g/mol. The van der Waals surface area contributed by atoms with E-state index < -0.39 is 54.8 Å². The van der Waals surface area contributed by atoms with Gasteiger partial charge in [0.15, 0.2) is 5.82 Å². The number of carbonyl (C=O) groups excluding carboxylic acids is 2. The molecule has 0 saturated carbocycles. The van der Waals surface area contributed by atoms with E-state index in [0.29, 0.717) is 4.80 Å². The Morgan fingerprint density at radius 3 is 2.42 bits per heavy atom. The summed E-state index contributed by atoms with van der Waals surface area (Å²) in [6.45, 7) is 0.351. The van der Waals surface area contributed by atoms with E-state index in [-0.39, 0.29) is 44.6 Å². The van der Waals surface area contributed by atoms with Gasteiger partial charge in [0.2, 0.25) is 0 Å². The lowest BCUT2D eigenvalue weighted by molar-refractivity contribution is -0.274. The van der Waals surface area contributed by atoms with Crippen molar-refractivity contribution in [3.8, 4) is 11.6 Å². The fourth-order valence-corrected chi connectivity index (χ4v) is 4.49. The standard InChI is InChI=1S/C28H19ClF7N9O3/c1-14-19(30)9-8-17(24(46)38-12-15-5-2-3-7-21(15)48-28(34,35)36)22(14)39-25(47)20-11-16(13-44-42-26(40-43-44)27(31,32)33)41-45(20)23-18(29)6-4-10-37-23/h2-11H,12-13H2,1H3,(H,38,46)(H,39,47). The zero-order valence-electron chi connectivity index (χ0n) is 24.1. The van der Waals surface area contributed by atoms with Crippen LogP contribution < -0.4 is 15.4 Å². The fourth-order valence-electron chi connectivity index (χ4n) is 4.29. The van der Waals surface area contributed by atoms with Crippen molar-refractivity contribution >= 4 is 29.1 Å². The van der Waals surface area contributed by atoms with E-state index in [1.165, 1.54) is 43.5 Å². The molecule has 2 amide bonds. The van der Waals surface area contributed by atoms with E-state index >= 15 is 0 Å². The van der Waals surface area contributed by atoms with Crippen LogP contribution in [0.1, 0.15) is 43.5 Å². The number of pyridine rings is 1. The Hall–Kier alpha value is -5.59.